The Kier molecular flexibility index (Phi) is 5.25. The van der Waals surface area contributed by atoms with Gasteiger partial charge in [-0.3, -0.25) is 9.88 Å². The van der Waals surface area contributed by atoms with Gasteiger partial charge in [-0.2, -0.15) is 0 Å². The quantitative estimate of drug-likeness (QED) is 0.690. The largest absolute Gasteiger partial charge is 0.361 e. The second-order valence-electron chi connectivity index (χ2n) is 7.37. The molecule has 1 saturated heterocycles. The zero-order valence-electron chi connectivity index (χ0n) is 15.9. The van der Waals surface area contributed by atoms with Gasteiger partial charge in [0, 0.05) is 24.6 Å². The van der Waals surface area contributed by atoms with Crippen LogP contribution >= 0.6 is 0 Å². The van der Waals surface area contributed by atoms with E-state index in [1.807, 2.05) is 26.2 Å². The predicted octanol–water partition coefficient (Wildman–Crippen LogP) is 3.60. The number of hydrogen-bond donors (Lipinski definition) is 0. The molecule has 27 heavy (non-hydrogen) atoms. The lowest BCUT2D eigenvalue weighted by Crippen LogP contribution is -2.33. The summed E-state index contributed by atoms with van der Waals surface area (Å²) in [7, 11) is 0. The first-order chi connectivity index (χ1) is 13.2. The molecule has 0 saturated carbocycles. The van der Waals surface area contributed by atoms with Gasteiger partial charge in [0.15, 0.2) is 0 Å². The van der Waals surface area contributed by atoms with Gasteiger partial charge in [-0.15, -0.1) is 0 Å². The molecule has 0 unspecified atom stereocenters. The van der Waals surface area contributed by atoms with Crippen molar-refractivity contribution >= 4 is 0 Å². The van der Waals surface area contributed by atoms with Crippen LogP contribution in [0, 0.1) is 19.8 Å². The van der Waals surface area contributed by atoms with Gasteiger partial charge in [0.05, 0.1) is 17.0 Å². The summed E-state index contributed by atoms with van der Waals surface area (Å²) in [5.74, 6) is 1.48. The monoisotopic (exact) mass is 363 g/mol. The van der Waals surface area contributed by atoms with Crippen LogP contribution in [0.15, 0.2) is 41.4 Å². The Bertz CT molecular complexity index is 865. The molecule has 1 fully saturated rings. The third-order valence-corrected chi connectivity index (χ3v) is 5.37. The average molecular weight is 363 g/mol. The maximum absolute atomic E-state index is 5.28. The van der Waals surface area contributed by atoms with E-state index in [9.17, 15) is 0 Å². The van der Waals surface area contributed by atoms with E-state index in [1.165, 1.54) is 18.4 Å². The number of aromatic nitrogens is 4. The maximum atomic E-state index is 5.28. The van der Waals surface area contributed by atoms with Gasteiger partial charge in [-0.1, -0.05) is 5.16 Å². The molecule has 140 valence electrons. The van der Waals surface area contributed by atoms with Crippen LogP contribution < -0.4 is 0 Å². The molecule has 3 aromatic heterocycles. The van der Waals surface area contributed by atoms with E-state index in [2.05, 4.69) is 43.2 Å². The molecule has 0 N–H and O–H groups in total. The van der Waals surface area contributed by atoms with Crippen LogP contribution in [0.3, 0.4) is 0 Å². The smallest absolute Gasteiger partial charge is 0.143 e. The summed E-state index contributed by atoms with van der Waals surface area (Å²) in [4.78, 5) is 15.6. The van der Waals surface area contributed by atoms with Crippen LogP contribution in [-0.4, -0.2) is 38.1 Å². The Morgan fingerprint density at radius 1 is 1.11 bits per heavy atom. The van der Waals surface area contributed by atoms with Crippen molar-refractivity contribution in [2.45, 2.75) is 39.7 Å². The molecular formula is C21H25N5O. The molecule has 6 heteroatoms. The zero-order valence-corrected chi connectivity index (χ0v) is 15.9. The molecule has 0 amide bonds. The fourth-order valence-corrected chi connectivity index (χ4v) is 3.89. The molecule has 4 heterocycles. The van der Waals surface area contributed by atoms with E-state index in [-0.39, 0.29) is 0 Å². The minimum Gasteiger partial charge on any atom is -0.361 e. The van der Waals surface area contributed by atoms with Crippen LogP contribution in [0.25, 0.3) is 11.3 Å². The van der Waals surface area contributed by atoms with E-state index in [0.717, 1.165) is 54.5 Å². The summed E-state index contributed by atoms with van der Waals surface area (Å²) in [6.45, 7) is 7.16. The van der Waals surface area contributed by atoms with Gasteiger partial charge in [0.25, 0.3) is 0 Å². The van der Waals surface area contributed by atoms with Crippen molar-refractivity contribution in [3.05, 3.63) is 59.6 Å². The van der Waals surface area contributed by atoms with Gasteiger partial charge >= 0.3 is 0 Å². The molecule has 0 bridgehead atoms. The number of aryl methyl sites for hydroxylation is 2. The van der Waals surface area contributed by atoms with Crippen molar-refractivity contribution in [3.8, 4) is 11.3 Å². The molecule has 0 spiro atoms. The number of rotatable bonds is 5. The minimum absolute atomic E-state index is 0.672. The molecular weight excluding hydrogens is 338 g/mol. The number of pyridine rings is 1. The Morgan fingerprint density at radius 3 is 2.59 bits per heavy atom. The summed E-state index contributed by atoms with van der Waals surface area (Å²) in [5, 5.41) is 4.04. The van der Waals surface area contributed by atoms with Crippen LogP contribution in [0.4, 0.5) is 0 Å². The zero-order chi connectivity index (χ0) is 18.6. The Balaban J connectivity index is 1.36. The van der Waals surface area contributed by atoms with E-state index >= 15 is 0 Å². The van der Waals surface area contributed by atoms with Gasteiger partial charge in [-0.05, 0) is 75.9 Å². The van der Waals surface area contributed by atoms with Crippen LogP contribution in [0.1, 0.15) is 35.6 Å². The van der Waals surface area contributed by atoms with E-state index in [0.29, 0.717) is 5.92 Å². The number of likely N-dealkylation sites (tertiary alicyclic amines) is 1. The molecule has 0 atom stereocenters. The van der Waals surface area contributed by atoms with E-state index in [1.54, 1.807) is 6.33 Å². The minimum atomic E-state index is 0.672. The Labute approximate surface area is 159 Å². The lowest BCUT2D eigenvalue weighted by atomic mass is 9.91. The van der Waals surface area contributed by atoms with Crippen molar-refractivity contribution < 1.29 is 4.52 Å². The first-order valence-electron chi connectivity index (χ1n) is 9.54. The number of hydrogen-bond acceptors (Lipinski definition) is 6. The second-order valence-corrected chi connectivity index (χ2v) is 7.37. The summed E-state index contributed by atoms with van der Waals surface area (Å²) in [6, 6.07) is 6.29. The summed E-state index contributed by atoms with van der Waals surface area (Å²) >= 11 is 0. The first-order valence-corrected chi connectivity index (χ1v) is 9.54. The molecule has 1 aliphatic rings. The van der Waals surface area contributed by atoms with Crippen LogP contribution in [-0.2, 0) is 13.0 Å². The van der Waals surface area contributed by atoms with Crippen molar-refractivity contribution in [2.24, 2.45) is 5.92 Å². The molecule has 0 radical (unpaired) electrons. The lowest BCUT2D eigenvalue weighted by Gasteiger charge is -2.31. The van der Waals surface area contributed by atoms with Gasteiger partial charge in [0.1, 0.15) is 12.1 Å². The summed E-state index contributed by atoms with van der Waals surface area (Å²) in [5.41, 5.74) is 5.22. The second kappa shape index (κ2) is 7.96. The fraction of sp³-hybridized carbons (Fsp3) is 0.429. The summed E-state index contributed by atoms with van der Waals surface area (Å²) < 4.78 is 5.28. The van der Waals surface area contributed by atoms with Crippen molar-refractivity contribution in [1.82, 2.24) is 25.0 Å². The standard InChI is InChI=1S/C21H25N5O/c1-15-21(16(2)27-25-15)20-12-19(23-14-24-20)11-17-5-9-26(10-6-17)13-18-3-7-22-8-4-18/h3-4,7-8,12,14,17H,5-6,9-11,13H2,1-2H3. The van der Waals surface area contributed by atoms with E-state index < -0.39 is 0 Å². The average Bonchev–Trinajstić information content (AvgIpc) is 3.03. The van der Waals surface area contributed by atoms with E-state index in [4.69, 9.17) is 4.52 Å². The molecule has 6 nitrogen and oxygen atoms in total. The number of nitrogens with zero attached hydrogens (tertiary/aromatic N) is 5. The Hall–Kier alpha value is -2.60. The topological polar surface area (TPSA) is 67.9 Å². The molecule has 0 aromatic carbocycles. The first kappa shape index (κ1) is 17.8. The lowest BCUT2D eigenvalue weighted by molar-refractivity contribution is 0.176. The maximum Gasteiger partial charge on any atom is 0.143 e. The molecule has 3 aromatic rings. The highest BCUT2D eigenvalue weighted by molar-refractivity contribution is 5.63. The Morgan fingerprint density at radius 2 is 1.89 bits per heavy atom. The van der Waals surface area contributed by atoms with Crippen LogP contribution in [0.2, 0.25) is 0 Å². The third-order valence-electron chi connectivity index (χ3n) is 5.37. The van der Waals surface area contributed by atoms with Crippen LogP contribution in [0.5, 0.6) is 0 Å². The van der Waals surface area contributed by atoms with Crippen molar-refractivity contribution in [3.63, 3.8) is 0 Å². The predicted molar refractivity (Wildman–Crippen MR) is 103 cm³/mol. The number of piperidine rings is 1. The molecule has 4 rings (SSSR count). The van der Waals surface area contributed by atoms with Crippen molar-refractivity contribution in [2.75, 3.05) is 13.1 Å². The fourth-order valence-electron chi connectivity index (χ4n) is 3.89. The van der Waals surface area contributed by atoms with Gasteiger partial charge in [-0.25, -0.2) is 9.97 Å². The summed E-state index contributed by atoms with van der Waals surface area (Å²) in [6.07, 6.45) is 8.81. The van der Waals surface area contributed by atoms with Crippen molar-refractivity contribution in [1.29, 1.82) is 0 Å². The highest BCUT2D eigenvalue weighted by atomic mass is 16.5. The third kappa shape index (κ3) is 4.22. The SMILES string of the molecule is Cc1noc(C)c1-c1cc(CC2CCN(Cc3ccncc3)CC2)ncn1. The molecule has 0 aliphatic carbocycles. The highest BCUT2D eigenvalue weighted by Crippen LogP contribution is 2.27. The van der Waals surface area contributed by atoms with Gasteiger partial charge in [0.2, 0.25) is 0 Å². The molecule has 1 aliphatic heterocycles. The normalized spacial score (nSPS) is 15.9. The highest BCUT2D eigenvalue weighted by Gasteiger charge is 2.21. The van der Waals surface area contributed by atoms with Gasteiger partial charge < -0.3 is 4.52 Å².